The first-order valence-electron chi connectivity index (χ1n) is 15.6. The summed E-state index contributed by atoms with van der Waals surface area (Å²) in [6.07, 6.45) is 1.69. The van der Waals surface area contributed by atoms with Crippen molar-refractivity contribution in [2.24, 2.45) is 0 Å². The van der Waals surface area contributed by atoms with Gasteiger partial charge >= 0.3 is 0 Å². The highest BCUT2D eigenvalue weighted by Gasteiger charge is 2.40. The standard InChI is InChI=1S/C39H56O3/c1-15-39(28-20-31(37(9,10)11)34(41)17-24(28)3,29-21-32(38(12,13)14)35(42)18-25(29)4)22-26(5)27-19-30(36(6,7)8)33(40)16-23(27)2/h16-21,26,40-42H,15,22H2,1-14H3. The predicted octanol–water partition coefficient (Wildman–Crippen LogP) is 10.5. The van der Waals surface area contributed by atoms with E-state index >= 15 is 0 Å². The Balaban J connectivity index is 2.43. The minimum Gasteiger partial charge on any atom is -0.508 e. The van der Waals surface area contributed by atoms with Gasteiger partial charge in [0.2, 0.25) is 0 Å². The van der Waals surface area contributed by atoms with Gasteiger partial charge in [0.1, 0.15) is 17.2 Å². The van der Waals surface area contributed by atoms with Crippen LogP contribution < -0.4 is 0 Å². The van der Waals surface area contributed by atoms with Gasteiger partial charge in [0, 0.05) is 5.41 Å². The van der Waals surface area contributed by atoms with Crippen molar-refractivity contribution in [2.75, 3.05) is 0 Å². The maximum Gasteiger partial charge on any atom is 0.119 e. The molecule has 42 heavy (non-hydrogen) atoms. The van der Waals surface area contributed by atoms with Gasteiger partial charge in [0.15, 0.2) is 0 Å². The minimum absolute atomic E-state index is 0.171. The maximum atomic E-state index is 11.1. The normalized spacial score (nSPS) is 13.9. The molecule has 230 valence electrons. The lowest BCUT2D eigenvalue weighted by atomic mass is 9.62. The Morgan fingerprint density at radius 1 is 0.524 bits per heavy atom. The van der Waals surface area contributed by atoms with E-state index in [0.29, 0.717) is 17.2 Å². The minimum atomic E-state index is -0.388. The molecule has 0 amide bonds. The molecule has 0 bridgehead atoms. The number of hydrogen-bond acceptors (Lipinski definition) is 3. The molecule has 0 aliphatic rings. The summed E-state index contributed by atoms with van der Waals surface area (Å²) in [6, 6.07) is 12.5. The molecule has 0 spiro atoms. The Hall–Kier alpha value is -2.94. The van der Waals surface area contributed by atoms with Gasteiger partial charge < -0.3 is 15.3 Å². The number of aromatic hydroxyl groups is 3. The summed E-state index contributed by atoms with van der Waals surface area (Å²) in [4.78, 5) is 0. The number of rotatable bonds is 6. The number of aryl methyl sites for hydroxylation is 3. The lowest BCUT2D eigenvalue weighted by Gasteiger charge is -2.41. The van der Waals surface area contributed by atoms with Gasteiger partial charge in [-0.25, -0.2) is 0 Å². The van der Waals surface area contributed by atoms with Crippen molar-refractivity contribution in [3.05, 3.63) is 86.5 Å². The second-order valence-corrected chi connectivity index (χ2v) is 15.9. The zero-order valence-electron chi connectivity index (χ0n) is 28.8. The number of phenols is 3. The van der Waals surface area contributed by atoms with Crippen LogP contribution in [0.3, 0.4) is 0 Å². The molecular weight excluding hydrogens is 516 g/mol. The molecule has 0 saturated carbocycles. The summed E-state index contributed by atoms with van der Waals surface area (Å²) in [5, 5.41) is 33.0. The van der Waals surface area contributed by atoms with E-state index in [1.165, 1.54) is 16.7 Å². The third-order valence-electron chi connectivity index (χ3n) is 9.31. The van der Waals surface area contributed by atoms with Crippen LogP contribution in [0.4, 0.5) is 0 Å². The Morgan fingerprint density at radius 2 is 0.857 bits per heavy atom. The van der Waals surface area contributed by atoms with Crippen LogP contribution in [0.25, 0.3) is 0 Å². The largest absolute Gasteiger partial charge is 0.508 e. The third-order valence-corrected chi connectivity index (χ3v) is 9.31. The molecule has 0 aliphatic carbocycles. The van der Waals surface area contributed by atoms with Crippen LogP contribution in [0.15, 0.2) is 36.4 Å². The fourth-order valence-corrected chi connectivity index (χ4v) is 6.98. The van der Waals surface area contributed by atoms with E-state index in [1.807, 2.05) is 18.2 Å². The average molecular weight is 573 g/mol. The van der Waals surface area contributed by atoms with Gasteiger partial charge in [-0.15, -0.1) is 0 Å². The molecule has 0 saturated heterocycles. The van der Waals surface area contributed by atoms with Crippen LogP contribution in [0.2, 0.25) is 0 Å². The summed E-state index contributed by atoms with van der Waals surface area (Å²) in [5.74, 6) is 1.20. The van der Waals surface area contributed by atoms with Crippen molar-refractivity contribution in [3.8, 4) is 17.2 Å². The zero-order valence-corrected chi connectivity index (χ0v) is 28.8. The monoisotopic (exact) mass is 572 g/mol. The second-order valence-electron chi connectivity index (χ2n) is 15.9. The topological polar surface area (TPSA) is 60.7 Å². The molecule has 3 N–H and O–H groups in total. The van der Waals surface area contributed by atoms with Gasteiger partial charge in [0.25, 0.3) is 0 Å². The van der Waals surface area contributed by atoms with Crippen molar-refractivity contribution in [2.45, 2.75) is 137 Å². The first kappa shape index (κ1) is 33.6. The van der Waals surface area contributed by atoms with Crippen LogP contribution in [-0.2, 0) is 21.7 Å². The van der Waals surface area contributed by atoms with Crippen molar-refractivity contribution in [3.63, 3.8) is 0 Å². The van der Waals surface area contributed by atoms with Crippen LogP contribution in [0, 0.1) is 20.8 Å². The summed E-state index contributed by atoms with van der Waals surface area (Å²) < 4.78 is 0. The molecule has 3 rings (SSSR count). The Bertz CT molecular complexity index is 1390. The lowest BCUT2D eigenvalue weighted by Crippen LogP contribution is -2.32. The number of phenolic OH excluding ortho intramolecular Hbond substituents is 3. The zero-order chi connectivity index (χ0) is 32.2. The lowest BCUT2D eigenvalue weighted by molar-refractivity contribution is 0.404. The first-order chi connectivity index (χ1) is 19.0. The van der Waals surface area contributed by atoms with E-state index in [9.17, 15) is 15.3 Å². The van der Waals surface area contributed by atoms with E-state index in [0.717, 1.165) is 46.2 Å². The molecule has 0 heterocycles. The Kier molecular flexibility index (Phi) is 9.02. The molecule has 0 fully saturated rings. The molecule has 1 unspecified atom stereocenters. The first-order valence-corrected chi connectivity index (χ1v) is 15.6. The van der Waals surface area contributed by atoms with Gasteiger partial charge in [-0.3, -0.25) is 0 Å². The third kappa shape index (κ3) is 6.36. The molecule has 3 heteroatoms. The fraction of sp³-hybridized carbons (Fsp3) is 0.538. The Morgan fingerprint density at radius 3 is 1.19 bits per heavy atom. The summed E-state index contributed by atoms with van der Waals surface area (Å²) in [7, 11) is 0. The molecule has 0 aromatic heterocycles. The maximum absolute atomic E-state index is 11.1. The summed E-state index contributed by atoms with van der Waals surface area (Å²) >= 11 is 0. The van der Waals surface area contributed by atoms with E-state index in [-0.39, 0.29) is 27.6 Å². The van der Waals surface area contributed by atoms with Crippen LogP contribution >= 0.6 is 0 Å². The SMILES string of the molecule is CCC(CC(C)c1cc(C(C)(C)C)c(O)cc1C)(c1cc(C(C)(C)C)c(O)cc1C)c1cc(C(C)(C)C)c(O)cc1C. The molecule has 0 radical (unpaired) electrons. The quantitative estimate of drug-likeness (QED) is 0.275. The highest BCUT2D eigenvalue weighted by Crippen LogP contribution is 2.50. The number of hydrogen-bond donors (Lipinski definition) is 3. The summed E-state index contributed by atoms with van der Waals surface area (Å²) in [5.41, 5.74) is 8.73. The van der Waals surface area contributed by atoms with Gasteiger partial charge in [-0.2, -0.15) is 0 Å². The van der Waals surface area contributed by atoms with E-state index in [4.69, 9.17) is 0 Å². The molecule has 3 nitrogen and oxygen atoms in total. The smallest absolute Gasteiger partial charge is 0.119 e. The van der Waals surface area contributed by atoms with E-state index < -0.39 is 0 Å². The second kappa shape index (κ2) is 11.3. The molecule has 0 aliphatic heterocycles. The number of benzene rings is 3. The van der Waals surface area contributed by atoms with Crippen LogP contribution in [0.5, 0.6) is 17.2 Å². The fourth-order valence-electron chi connectivity index (χ4n) is 6.98. The predicted molar refractivity (Wildman–Crippen MR) is 179 cm³/mol. The molecule has 1 atom stereocenters. The van der Waals surface area contributed by atoms with Gasteiger partial charge in [-0.1, -0.05) is 94.4 Å². The highest BCUT2D eigenvalue weighted by molar-refractivity contribution is 5.56. The average Bonchev–Trinajstić information content (AvgIpc) is 2.80. The van der Waals surface area contributed by atoms with Crippen LogP contribution in [-0.4, -0.2) is 15.3 Å². The molecule has 3 aromatic carbocycles. The van der Waals surface area contributed by atoms with Crippen molar-refractivity contribution >= 4 is 0 Å². The molecular formula is C39H56O3. The van der Waals surface area contributed by atoms with Crippen molar-refractivity contribution in [1.82, 2.24) is 0 Å². The summed E-state index contributed by atoms with van der Waals surface area (Å²) in [6.45, 7) is 30.2. The molecule has 3 aromatic rings. The van der Waals surface area contributed by atoms with E-state index in [1.54, 1.807) is 0 Å². The van der Waals surface area contributed by atoms with Gasteiger partial charge in [0.05, 0.1) is 0 Å². The van der Waals surface area contributed by atoms with Crippen molar-refractivity contribution in [1.29, 1.82) is 0 Å². The Labute approximate surface area is 256 Å². The highest BCUT2D eigenvalue weighted by atomic mass is 16.3. The van der Waals surface area contributed by atoms with E-state index in [2.05, 4.69) is 115 Å². The van der Waals surface area contributed by atoms with Crippen molar-refractivity contribution < 1.29 is 15.3 Å². The van der Waals surface area contributed by atoms with Gasteiger partial charge in [-0.05, 0) is 124 Å². The van der Waals surface area contributed by atoms with Crippen LogP contribution in [0.1, 0.15) is 145 Å².